The first-order valence-electron chi connectivity index (χ1n) is 6.32. The van der Waals surface area contributed by atoms with Crippen LogP contribution in [0.3, 0.4) is 0 Å². The molecule has 0 aromatic carbocycles. The molecule has 19 heavy (non-hydrogen) atoms. The van der Waals surface area contributed by atoms with Crippen molar-refractivity contribution in [3.05, 3.63) is 84.7 Å². The maximum Gasteiger partial charge on any atom is 0.0354 e. The van der Waals surface area contributed by atoms with Crippen molar-refractivity contribution < 1.29 is 0 Å². The molecule has 0 aromatic heterocycles. The van der Waals surface area contributed by atoms with Crippen LogP contribution in [0, 0.1) is 0 Å². The van der Waals surface area contributed by atoms with Gasteiger partial charge < -0.3 is 5.32 Å². The molecule has 0 rings (SSSR count). The van der Waals surface area contributed by atoms with Crippen LogP contribution in [0.15, 0.2) is 84.7 Å². The van der Waals surface area contributed by atoms with Gasteiger partial charge in [-0.25, -0.2) is 0 Å². The normalized spacial score (nSPS) is 12.4. The monoisotopic (exact) mass is 255 g/mol. The van der Waals surface area contributed by atoms with Crippen molar-refractivity contribution in [1.82, 2.24) is 5.32 Å². The van der Waals surface area contributed by atoms with Gasteiger partial charge in [-0.2, -0.15) is 0 Å². The minimum absolute atomic E-state index is 0.713. The third kappa shape index (κ3) is 7.10. The van der Waals surface area contributed by atoms with Gasteiger partial charge in [-0.1, -0.05) is 61.8 Å². The Morgan fingerprint density at radius 2 is 1.74 bits per heavy atom. The molecule has 0 saturated carbocycles. The number of hydrogen-bond donors (Lipinski definition) is 1. The van der Waals surface area contributed by atoms with Crippen molar-refractivity contribution >= 4 is 0 Å². The van der Waals surface area contributed by atoms with E-state index in [0.717, 1.165) is 28.0 Å². The van der Waals surface area contributed by atoms with E-state index in [9.17, 15) is 0 Å². The van der Waals surface area contributed by atoms with E-state index >= 15 is 0 Å². The summed E-state index contributed by atoms with van der Waals surface area (Å²) >= 11 is 0. The summed E-state index contributed by atoms with van der Waals surface area (Å²) in [6.45, 7) is 22.4. The van der Waals surface area contributed by atoms with Crippen LogP contribution in [-0.4, -0.2) is 6.54 Å². The van der Waals surface area contributed by atoms with Gasteiger partial charge in [0, 0.05) is 12.2 Å². The maximum absolute atomic E-state index is 4.02. The molecule has 0 radical (unpaired) electrons. The van der Waals surface area contributed by atoms with Crippen LogP contribution in [0.4, 0.5) is 0 Å². The lowest BCUT2D eigenvalue weighted by molar-refractivity contribution is 0.891. The second-order valence-corrected chi connectivity index (χ2v) is 4.52. The number of hydrogen-bond acceptors (Lipinski definition) is 1. The lowest BCUT2D eigenvalue weighted by Crippen LogP contribution is -2.15. The van der Waals surface area contributed by atoms with E-state index in [0.29, 0.717) is 6.54 Å². The summed E-state index contributed by atoms with van der Waals surface area (Å²) in [6.07, 6.45) is 9.82. The van der Waals surface area contributed by atoms with E-state index < -0.39 is 0 Å². The zero-order valence-electron chi connectivity index (χ0n) is 12.4. The average Bonchev–Trinajstić information content (AvgIpc) is 2.35. The summed E-state index contributed by atoms with van der Waals surface area (Å²) < 4.78 is 0. The summed E-state index contributed by atoms with van der Waals surface area (Å²) in [7, 11) is 0. The highest BCUT2D eigenvalue weighted by molar-refractivity contribution is 5.48. The van der Waals surface area contributed by atoms with Crippen molar-refractivity contribution in [3.8, 4) is 0 Å². The average molecular weight is 255 g/mol. The van der Waals surface area contributed by atoms with Crippen LogP contribution in [0.5, 0.6) is 0 Å². The summed E-state index contributed by atoms with van der Waals surface area (Å²) in [4.78, 5) is 0. The third-order valence-electron chi connectivity index (χ3n) is 2.44. The molecule has 0 amide bonds. The molecule has 0 aliphatic rings. The molecule has 1 N–H and O–H groups in total. The van der Waals surface area contributed by atoms with Crippen LogP contribution in [-0.2, 0) is 0 Å². The first-order valence-corrected chi connectivity index (χ1v) is 6.32. The number of rotatable bonds is 8. The van der Waals surface area contributed by atoms with Crippen LogP contribution in [0.2, 0.25) is 0 Å². The molecule has 0 saturated heterocycles. The first-order chi connectivity index (χ1) is 8.92. The SMILES string of the molecule is C=C\C(=C/C(=C/C=C\C)C(=C)C)C(=C)NCC(=C)C. The summed E-state index contributed by atoms with van der Waals surface area (Å²) in [5, 5.41) is 3.23. The third-order valence-corrected chi connectivity index (χ3v) is 2.44. The molecule has 102 valence electrons. The van der Waals surface area contributed by atoms with Crippen LogP contribution < -0.4 is 5.32 Å². The maximum atomic E-state index is 4.02. The second kappa shape index (κ2) is 8.98. The summed E-state index contributed by atoms with van der Waals surface area (Å²) in [5.74, 6) is 0. The van der Waals surface area contributed by atoms with Gasteiger partial charge in [-0.3, -0.25) is 0 Å². The van der Waals surface area contributed by atoms with Crippen LogP contribution >= 0.6 is 0 Å². The minimum Gasteiger partial charge on any atom is -0.381 e. The smallest absolute Gasteiger partial charge is 0.0354 e. The standard InChI is InChI=1S/C18H25N/c1-8-10-11-18(15(5)6)12-17(9-2)16(7)19-13-14(3)4/h8-12,19H,2-3,5,7,13H2,1,4,6H3/b10-8-,17-12+,18-11-. The Hall–Kier alpha value is -2.02. The molecule has 0 atom stereocenters. The predicted octanol–water partition coefficient (Wildman–Crippen LogP) is 4.86. The fourth-order valence-corrected chi connectivity index (χ4v) is 1.31. The van der Waals surface area contributed by atoms with E-state index in [2.05, 4.69) is 31.6 Å². The minimum atomic E-state index is 0.713. The van der Waals surface area contributed by atoms with E-state index in [1.54, 1.807) is 6.08 Å². The molecule has 1 heteroatoms. The molecule has 0 heterocycles. The van der Waals surface area contributed by atoms with Gasteiger partial charge in [0.1, 0.15) is 0 Å². The van der Waals surface area contributed by atoms with E-state index in [1.807, 2.05) is 45.1 Å². The summed E-state index contributed by atoms with van der Waals surface area (Å²) in [5.41, 5.74) is 4.93. The van der Waals surface area contributed by atoms with Crippen molar-refractivity contribution in [1.29, 1.82) is 0 Å². The van der Waals surface area contributed by atoms with Crippen LogP contribution in [0.1, 0.15) is 20.8 Å². The lowest BCUT2D eigenvalue weighted by atomic mass is 10.0. The molecule has 0 bridgehead atoms. The van der Waals surface area contributed by atoms with Gasteiger partial charge in [0.25, 0.3) is 0 Å². The van der Waals surface area contributed by atoms with Gasteiger partial charge in [-0.15, -0.1) is 0 Å². The Morgan fingerprint density at radius 3 is 2.16 bits per heavy atom. The summed E-state index contributed by atoms with van der Waals surface area (Å²) in [6, 6.07) is 0. The Balaban J connectivity index is 5.14. The first kappa shape index (κ1) is 17.0. The van der Waals surface area contributed by atoms with Gasteiger partial charge in [0.15, 0.2) is 0 Å². The van der Waals surface area contributed by atoms with Gasteiger partial charge >= 0.3 is 0 Å². The number of nitrogens with one attached hydrogen (secondary N) is 1. The second-order valence-electron chi connectivity index (χ2n) is 4.52. The molecule has 0 spiro atoms. The van der Waals surface area contributed by atoms with Crippen molar-refractivity contribution in [2.75, 3.05) is 6.54 Å². The molecule has 0 fully saturated rings. The molecular formula is C18H25N. The molecule has 0 aliphatic carbocycles. The Kier molecular flexibility index (Phi) is 8.03. The van der Waals surface area contributed by atoms with E-state index in [4.69, 9.17) is 0 Å². The Morgan fingerprint density at radius 1 is 1.11 bits per heavy atom. The molecule has 0 aromatic rings. The van der Waals surface area contributed by atoms with Gasteiger partial charge in [0.05, 0.1) is 0 Å². The highest BCUT2D eigenvalue weighted by atomic mass is 14.9. The zero-order valence-corrected chi connectivity index (χ0v) is 12.4. The van der Waals surface area contributed by atoms with E-state index in [1.165, 1.54) is 0 Å². The lowest BCUT2D eigenvalue weighted by Gasteiger charge is -2.11. The largest absolute Gasteiger partial charge is 0.381 e. The number of allylic oxidation sites excluding steroid dienone is 7. The molecular weight excluding hydrogens is 230 g/mol. The highest BCUT2D eigenvalue weighted by Crippen LogP contribution is 2.16. The Labute approximate surface area is 118 Å². The highest BCUT2D eigenvalue weighted by Gasteiger charge is 2.01. The van der Waals surface area contributed by atoms with E-state index in [-0.39, 0.29) is 0 Å². The topological polar surface area (TPSA) is 12.0 Å². The molecule has 0 unspecified atom stereocenters. The Bertz CT molecular complexity index is 456. The zero-order chi connectivity index (χ0) is 14.8. The van der Waals surface area contributed by atoms with Gasteiger partial charge in [-0.05, 0) is 38.0 Å². The van der Waals surface area contributed by atoms with Crippen molar-refractivity contribution in [2.24, 2.45) is 0 Å². The fraction of sp³-hybridized carbons (Fsp3) is 0.222. The van der Waals surface area contributed by atoms with Crippen molar-refractivity contribution in [3.63, 3.8) is 0 Å². The molecule has 1 nitrogen and oxygen atoms in total. The van der Waals surface area contributed by atoms with Crippen molar-refractivity contribution in [2.45, 2.75) is 20.8 Å². The van der Waals surface area contributed by atoms with Crippen LogP contribution in [0.25, 0.3) is 0 Å². The van der Waals surface area contributed by atoms with Gasteiger partial charge in [0.2, 0.25) is 0 Å². The predicted molar refractivity (Wildman–Crippen MR) is 87.9 cm³/mol. The fourth-order valence-electron chi connectivity index (χ4n) is 1.31. The quantitative estimate of drug-likeness (QED) is 0.482. The molecule has 0 aliphatic heterocycles.